The Labute approximate surface area is 118 Å². The van der Waals surface area contributed by atoms with Crippen LogP contribution in [0.2, 0.25) is 5.02 Å². The van der Waals surface area contributed by atoms with Crippen LogP contribution >= 0.6 is 11.6 Å². The maximum absolute atomic E-state index is 14.4. The van der Waals surface area contributed by atoms with E-state index in [1.165, 1.54) is 18.2 Å². The average Bonchev–Trinajstić information content (AvgIpc) is 2.38. The number of hydrogen-bond donors (Lipinski definition) is 1. The number of carbonyl (C=O) groups is 1. The van der Waals surface area contributed by atoms with Crippen molar-refractivity contribution in [1.29, 1.82) is 0 Å². The summed E-state index contributed by atoms with van der Waals surface area (Å²) in [5, 5.41) is 9.50. The summed E-state index contributed by atoms with van der Waals surface area (Å²) in [4.78, 5) is 12.2. The van der Waals surface area contributed by atoms with Crippen molar-refractivity contribution < 1.29 is 23.4 Å². The molecule has 108 valence electrons. The fraction of sp³-hybridized carbons (Fsp3) is 0.462. The third-order valence-corrected chi connectivity index (χ3v) is 4.19. The topological polar surface area (TPSA) is 49.8 Å². The van der Waals surface area contributed by atoms with Gasteiger partial charge in [-0.2, -0.15) is 0 Å². The van der Waals surface area contributed by atoms with Gasteiger partial charge in [-0.25, -0.2) is 13.6 Å². The molecule has 2 aliphatic rings. The van der Waals surface area contributed by atoms with Crippen molar-refractivity contribution in [2.24, 2.45) is 0 Å². The van der Waals surface area contributed by atoms with E-state index in [0.717, 1.165) is 4.90 Å². The SMILES string of the molecule is O=C(O)N1CCC(F)(F)C2(CCO2)c2cc(Cl)ccc21. The van der Waals surface area contributed by atoms with E-state index in [2.05, 4.69) is 0 Å². The van der Waals surface area contributed by atoms with Gasteiger partial charge in [-0.05, 0) is 18.2 Å². The van der Waals surface area contributed by atoms with Gasteiger partial charge >= 0.3 is 6.09 Å². The number of halogens is 3. The van der Waals surface area contributed by atoms with E-state index < -0.39 is 24.0 Å². The molecule has 3 rings (SSSR count). The number of carboxylic acid groups (broad SMARTS) is 1. The third kappa shape index (κ3) is 1.71. The van der Waals surface area contributed by atoms with Crippen LogP contribution in [0, 0.1) is 0 Å². The Bertz CT molecular complexity index is 575. The molecule has 0 radical (unpaired) electrons. The maximum atomic E-state index is 14.4. The molecule has 1 aromatic carbocycles. The zero-order valence-corrected chi connectivity index (χ0v) is 11.2. The van der Waals surface area contributed by atoms with Gasteiger partial charge in [0, 0.05) is 30.0 Å². The largest absolute Gasteiger partial charge is 0.465 e. The quantitative estimate of drug-likeness (QED) is 0.798. The Morgan fingerprint density at radius 2 is 2.10 bits per heavy atom. The summed E-state index contributed by atoms with van der Waals surface area (Å²) in [7, 11) is 0. The van der Waals surface area contributed by atoms with E-state index in [0.29, 0.717) is 0 Å². The number of rotatable bonds is 0. The van der Waals surface area contributed by atoms with Crippen molar-refractivity contribution in [2.75, 3.05) is 18.1 Å². The molecular weight excluding hydrogens is 292 g/mol. The first kappa shape index (κ1) is 13.6. The van der Waals surface area contributed by atoms with Gasteiger partial charge < -0.3 is 9.84 Å². The van der Waals surface area contributed by atoms with E-state index >= 15 is 0 Å². The molecule has 1 amide bonds. The van der Waals surface area contributed by atoms with Gasteiger partial charge in [0.1, 0.15) is 0 Å². The molecule has 7 heteroatoms. The standard InChI is InChI=1S/C13H12ClF2NO3/c14-8-1-2-10-9(7-8)12(4-6-20-12)13(15,16)3-5-17(10)11(18)19/h1-2,7H,3-6H2,(H,18,19). The molecule has 1 atom stereocenters. The Morgan fingerprint density at radius 3 is 2.65 bits per heavy atom. The Hall–Kier alpha value is -1.40. The normalized spacial score (nSPS) is 27.6. The number of alkyl halides is 2. The van der Waals surface area contributed by atoms with E-state index in [-0.39, 0.29) is 35.8 Å². The second-order valence-corrected chi connectivity index (χ2v) is 5.41. The van der Waals surface area contributed by atoms with Gasteiger partial charge in [0.15, 0.2) is 5.60 Å². The van der Waals surface area contributed by atoms with Crippen LogP contribution in [0.3, 0.4) is 0 Å². The summed E-state index contributed by atoms with van der Waals surface area (Å²) >= 11 is 5.89. The van der Waals surface area contributed by atoms with Gasteiger partial charge in [-0.1, -0.05) is 11.6 Å². The highest BCUT2D eigenvalue weighted by atomic mass is 35.5. The van der Waals surface area contributed by atoms with Crippen LogP contribution in [0.25, 0.3) is 0 Å². The molecule has 4 nitrogen and oxygen atoms in total. The van der Waals surface area contributed by atoms with Crippen molar-refractivity contribution in [1.82, 2.24) is 0 Å². The monoisotopic (exact) mass is 303 g/mol. The molecule has 2 aliphatic heterocycles. The lowest BCUT2D eigenvalue weighted by molar-refractivity contribution is -0.279. The summed E-state index contributed by atoms with van der Waals surface area (Å²) < 4.78 is 34.1. The molecule has 0 saturated carbocycles. The van der Waals surface area contributed by atoms with Gasteiger partial charge in [0.25, 0.3) is 5.92 Å². The number of nitrogens with zero attached hydrogens (tertiary/aromatic N) is 1. The lowest BCUT2D eigenvalue weighted by Crippen LogP contribution is -2.54. The fourth-order valence-electron chi connectivity index (χ4n) is 2.84. The minimum absolute atomic E-state index is 0.154. The van der Waals surface area contributed by atoms with Crippen LogP contribution in [-0.4, -0.2) is 30.3 Å². The van der Waals surface area contributed by atoms with E-state index in [1.807, 2.05) is 0 Å². The van der Waals surface area contributed by atoms with Gasteiger partial charge in [-0.15, -0.1) is 0 Å². The van der Waals surface area contributed by atoms with Crippen molar-refractivity contribution in [3.05, 3.63) is 28.8 Å². The molecule has 0 aliphatic carbocycles. The third-order valence-electron chi connectivity index (χ3n) is 3.96. The first-order chi connectivity index (χ1) is 9.37. The number of benzene rings is 1. The van der Waals surface area contributed by atoms with Crippen LogP contribution < -0.4 is 4.90 Å². The predicted molar refractivity (Wildman–Crippen MR) is 68.6 cm³/mol. The smallest absolute Gasteiger partial charge is 0.411 e. The molecule has 1 N–H and O–H groups in total. The molecule has 2 heterocycles. The molecule has 1 fully saturated rings. The molecular formula is C13H12ClF2NO3. The van der Waals surface area contributed by atoms with Crippen molar-refractivity contribution in [3.8, 4) is 0 Å². The summed E-state index contributed by atoms with van der Waals surface area (Å²) in [5.74, 6) is -3.13. The highest BCUT2D eigenvalue weighted by Gasteiger charge is 2.62. The number of ether oxygens (including phenoxy) is 1. The Morgan fingerprint density at radius 1 is 1.40 bits per heavy atom. The highest BCUT2D eigenvalue weighted by molar-refractivity contribution is 6.30. The van der Waals surface area contributed by atoms with Crippen LogP contribution in [0.15, 0.2) is 18.2 Å². The molecule has 1 unspecified atom stereocenters. The summed E-state index contributed by atoms with van der Waals surface area (Å²) in [5.41, 5.74) is -1.38. The maximum Gasteiger partial charge on any atom is 0.411 e. The zero-order chi connectivity index (χ0) is 14.5. The number of hydrogen-bond acceptors (Lipinski definition) is 2. The number of anilines is 1. The average molecular weight is 304 g/mol. The number of fused-ring (bicyclic) bond motifs is 2. The lowest BCUT2D eigenvalue weighted by Gasteiger charge is -2.46. The fourth-order valence-corrected chi connectivity index (χ4v) is 3.02. The lowest BCUT2D eigenvalue weighted by atomic mass is 9.79. The number of amides is 1. The molecule has 20 heavy (non-hydrogen) atoms. The zero-order valence-electron chi connectivity index (χ0n) is 10.4. The Kier molecular flexibility index (Phi) is 2.92. The van der Waals surface area contributed by atoms with Crippen molar-refractivity contribution in [2.45, 2.75) is 24.4 Å². The molecule has 0 aromatic heterocycles. The predicted octanol–water partition coefficient (Wildman–Crippen LogP) is 3.48. The summed E-state index contributed by atoms with van der Waals surface area (Å²) in [6.07, 6.45) is -1.69. The van der Waals surface area contributed by atoms with Crippen LogP contribution in [0.1, 0.15) is 18.4 Å². The second-order valence-electron chi connectivity index (χ2n) is 4.98. The minimum atomic E-state index is -3.13. The molecule has 1 saturated heterocycles. The molecule has 1 spiro atoms. The van der Waals surface area contributed by atoms with Gasteiger partial charge in [0.2, 0.25) is 0 Å². The van der Waals surface area contributed by atoms with E-state index in [1.54, 1.807) is 0 Å². The highest BCUT2D eigenvalue weighted by Crippen LogP contribution is 2.55. The minimum Gasteiger partial charge on any atom is -0.465 e. The first-order valence-electron chi connectivity index (χ1n) is 6.20. The van der Waals surface area contributed by atoms with E-state index in [4.69, 9.17) is 16.3 Å². The Balaban J connectivity index is 2.23. The van der Waals surface area contributed by atoms with E-state index in [9.17, 15) is 18.7 Å². The van der Waals surface area contributed by atoms with Crippen LogP contribution in [0.5, 0.6) is 0 Å². The second kappa shape index (κ2) is 4.30. The molecule has 1 aromatic rings. The first-order valence-corrected chi connectivity index (χ1v) is 6.57. The summed E-state index contributed by atoms with van der Waals surface area (Å²) in [6, 6.07) is 4.33. The van der Waals surface area contributed by atoms with Crippen LogP contribution in [0.4, 0.5) is 19.3 Å². The van der Waals surface area contributed by atoms with Crippen molar-refractivity contribution in [3.63, 3.8) is 0 Å². The summed E-state index contributed by atoms with van der Waals surface area (Å²) in [6.45, 7) is -0.0449. The van der Waals surface area contributed by atoms with Gasteiger partial charge in [0.05, 0.1) is 12.3 Å². The van der Waals surface area contributed by atoms with Crippen LogP contribution in [-0.2, 0) is 10.3 Å². The van der Waals surface area contributed by atoms with Crippen molar-refractivity contribution >= 4 is 23.4 Å². The molecule has 0 bridgehead atoms. The van der Waals surface area contributed by atoms with Gasteiger partial charge in [-0.3, -0.25) is 4.90 Å².